The fourth-order valence-electron chi connectivity index (χ4n) is 1.69. The maximum absolute atomic E-state index is 11.7. The summed E-state index contributed by atoms with van der Waals surface area (Å²) in [5, 5.41) is 3.32. The first-order valence-corrected chi connectivity index (χ1v) is 5.49. The Kier molecular flexibility index (Phi) is 3.60. The molecule has 0 radical (unpaired) electrons. The van der Waals surface area contributed by atoms with E-state index in [1.165, 1.54) is 0 Å². The zero-order valence-corrected chi connectivity index (χ0v) is 10.3. The van der Waals surface area contributed by atoms with Gasteiger partial charge >= 0.3 is 6.09 Å². The van der Waals surface area contributed by atoms with E-state index in [-0.39, 0.29) is 12.1 Å². The topological polar surface area (TPSA) is 41.6 Å². The Morgan fingerprint density at radius 3 is 2.47 bits per heavy atom. The van der Waals surface area contributed by atoms with Gasteiger partial charge in [0, 0.05) is 25.7 Å². The fourth-order valence-corrected chi connectivity index (χ4v) is 1.69. The van der Waals surface area contributed by atoms with E-state index in [4.69, 9.17) is 4.74 Å². The first-order chi connectivity index (χ1) is 6.79. The van der Waals surface area contributed by atoms with Crippen molar-refractivity contribution in [1.29, 1.82) is 0 Å². The highest BCUT2D eigenvalue weighted by molar-refractivity contribution is 5.68. The third kappa shape index (κ3) is 3.70. The van der Waals surface area contributed by atoms with Crippen LogP contribution in [0.1, 0.15) is 34.1 Å². The van der Waals surface area contributed by atoms with Crippen LogP contribution in [0.2, 0.25) is 0 Å². The monoisotopic (exact) mass is 214 g/mol. The Morgan fingerprint density at radius 1 is 1.47 bits per heavy atom. The van der Waals surface area contributed by atoms with Crippen LogP contribution >= 0.6 is 0 Å². The molecule has 0 aromatic heterocycles. The number of carbonyl (C=O) groups excluding carboxylic acids is 1. The number of carbonyl (C=O) groups is 1. The van der Waals surface area contributed by atoms with E-state index in [2.05, 4.69) is 12.2 Å². The molecule has 88 valence electrons. The molecule has 0 aromatic rings. The molecule has 2 atom stereocenters. The number of nitrogens with one attached hydrogen (secondary N) is 1. The Labute approximate surface area is 92.0 Å². The van der Waals surface area contributed by atoms with Crippen LogP contribution in [0.4, 0.5) is 4.79 Å². The van der Waals surface area contributed by atoms with Gasteiger partial charge in [-0.25, -0.2) is 4.79 Å². The van der Waals surface area contributed by atoms with Gasteiger partial charge in [0.15, 0.2) is 0 Å². The van der Waals surface area contributed by atoms with Crippen molar-refractivity contribution in [3.63, 3.8) is 0 Å². The van der Waals surface area contributed by atoms with Crippen LogP contribution < -0.4 is 5.32 Å². The van der Waals surface area contributed by atoms with Gasteiger partial charge in [-0.15, -0.1) is 0 Å². The number of nitrogens with zero attached hydrogens (tertiary/aromatic N) is 1. The van der Waals surface area contributed by atoms with Crippen LogP contribution in [0.5, 0.6) is 0 Å². The second-order valence-electron chi connectivity index (χ2n) is 5.29. The molecule has 1 saturated heterocycles. The number of hydrogen-bond donors (Lipinski definition) is 1. The molecule has 2 unspecified atom stereocenters. The molecule has 1 N–H and O–H groups in total. The number of ether oxygens (including phenoxy) is 1. The second-order valence-corrected chi connectivity index (χ2v) is 5.29. The van der Waals surface area contributed by atoms with Crippen molar-refractivity contribution in [3.8, 4) is 0 Å². The van der Waals surface area contributed by atoms with E-state index >= 15 is 0 Å². The predicted molar refractivity (Wildman–Crippen MR) is 59.9 cm³/mol. The number of amides is 1. The van der Waals surface area contributed by atoms with Crippen LogP contribution in [-0.2, 0) is 4.74 Å². The summed E-state index contributed by atoms with van der Waals surface area (Å²) in [6.07, 6.45) is 0.763. The van der Waals surface area contributed by atoms with Crippen molar-refractivity contribution in [3.05, 3.63) is 0 Å². The van der Waals surface area contributed by atoms with Gasteiger partial charge < -0.3 is 15.0 Å². The molecule has 1 heterocycles. The Bertz CT molecular complexity index is 235. The predicted octanol–water partition coefficient (Wildman–Crippen LogP) is 1.60. The molecule has 1 amide bonds. The third-order valence-corrected chi connectivity index (χ3v) is 2.56. The second kappa shape index (κ2) is 4.39. The standard InChI is InChI=1S/C11H22N2O2/c1-8-6-9(7-12-8)13(5)10(14)15-11(2,3)4/h8-9,12H,6-7H2,1-5H3. The molecule has 15 heavy (non-hydrogen) atoms. The fraction of sp³-hybridized carbons (Fsp3) is 0.909. The molecule has 0 spiro atoms. The van der Waals surface area contributed by atoms with E-state index in [0.717, 1.165) is 13.0 Å². The summed E-state index contributed by atoms with van der Waals surface area (Å²) in [6, 6.07) is 0.745. The van der Waals surface area contributed by atoms with Crippen molar-refractivity contribution < 1.29 is 9.53 Å². The van der Waals surface area contributed by atoms with E-state index in [1.807, 2.05) is 20.8 Å². The van der Waals surface area contributed by atoms with Crippen LogP contribution in [0.15, 0.2) is 0 Å². The minimum atomic E-state index is -0.414. The van der Waals surface area contributed by atoms with Gasteiger partial charge in [0.2, 0.25) is 0 Å². The normalized spacial score (nSPS) is 26.5. The highest BCUT2D eigenvalue weighted by Crippen LogP contribution is 2.15. The quantitative estimate of drug-likeness (QED) is 0.721. The zero-order valence-electron chi connectivity index (χ0n) is 10.3. The lowest BCUT2D eigenvalue weighted by molar-refractivity contribution is 0.0235. The van der Waals surface area contributed by atoms with Crippen molar-refractivity contribution in [2.45, 2.75) is 51.8 Å². The summed E-state index contributed by atoms with van der Waals surface area (Å²) in [7, 11) is 1.80. The van der Waals surface area contributed by atoms with Gasteiger partial charge in [0.05, 0.1) is 0 Å². The van der Waals surface area contributed by atoms with Crippen molar-refractivity contribution in [2.24, 2.45) is 0 Å². The van der Waals surface area contributed by atoms with Crippen molar-refractivity contribution >= 4 is 6.09 Å². The van der Waals surface area contributed by atoms with E-state index in [1.54, 1.807) is 11.9 Å². The summed E-state index contributed by atoms with van der Waals surface area (Å²) in [5.74, 6) is 0. The lowest BCUT2D eigenvalue weighted by Gasteiger charge is -2.28. The molecular formula is C11H22N2O2. The highest BCUT2D eigenvalue weighted by atomic mass is 16.6. The van der Waals surface area contributed by atoms with Crippen molar-refractivity contribution in [1.82, 2.24) is 10.2 Å². The minimum Gasteiger partial charge on any atom is -0.444 e. The molecule has 1 fully saturated rings. The smallest absolute Gasteiger partial charge is 0.410 e. The minimum absolute atomic E-state index is 0.233. The Balaban J connectivity index is 2.46. The van der Waals surface area contributed by atoms with Gasteiger partial charge in [-0.2, -0.15) is 0 Å². The van der Waals surface area contributed by atoms with E-state index in [0.29, 0.717) is 6.04 Å². The van der Waals surface area contributed by atoms with Crippen LogP contribution in [0, 0.1) is 0 Å². The maximum atomic E-state index is 11.7. The SMILES string of the molecule is CC1CC(N(C)C(=O)OC(C)(C)C)CN1. The maximum Gasteiger partial charge on any atom is 0.410 e. The molecule has 0 saturated carbocycles. The Morgan fingerprint density at radius 2 is 2.07 bits per heavy atom. The van der Waals surface area contributed by atoms with Crippen molar-refractivity contribution in [2.75, 3.05) is 13.6 Å². The lowest BCUT2D eigenvalue weighted by atomic mass is 10.2. The van der Waals surface area contributed by atoms with Gasteiger partial charge in [-0.05, 0) is 34.1 Å². The summed E-state index contributed by atoms with van der Waals surface area (Å²) in [5.41, 5.74) is -0.414. The summed E-state index contributed by atoms with van der Waals surface area (Å²) in [6.45, 7) is 8.64. The lowest BCUT2D eigenvalue weighted by Crippen LogP contribution is -2.41. The van der Waals surface area contributed by atoms with Crippen LogP contribution in [0.3, 0.4) is 0 Å². The van der Waals surface area contributed by atoms with E-state index in [9.17, 15) is 4.79 Å². The van der Waals surface area contributed by atoms with Crippen LogP contribution in [0.25, 0.3) is 0 Å². The Hall–Kier alpha value is -0.770. The molecule has 0 bridgehead atoms. The summed E-state index contributed by atoms with van der Waals surface area (Å²) in [4.78, 5) is 13.4. The third-order valence-electron chi connectivity index (χ3n) is 2.56. The molecule has 0 aliphatic carbocycles. The largest absolute Gasteiger partial charge is 0.444 e. The van der Waals surface area contributed by atoms with E-state index < -0.39 is 5.60 Å². The average Bonchev–Trinajstić information content (AvgIpc) is 2.47. The summed E-state index contributed by atoms with van der Waals surface area (Å²) >= 11 is 0. The molecule has 4 heteroatoms. The molecule has 0 aromatic carbocycles. The molecule has 4 nitrogen and oxygen atoms in total. The highest BCUT2D eigenvalue weighted by Gasteiger charge is 2.29. The van der Waals surface area contributed by atoms with Gasteiger partial charge in [-0.1, -0.05) is 0 Å². The van der Waals surface area contributed by atoms with Gasteiger partial charge in [-0.3, -0.25) is 0 Å². The number of hydrogen-bond acceptors (Lipinski definition) is 3. The molecule has 1 aliphatic rings. The summed E-state index contributed by atoms with van der Waals surface area (Å²) < 4.78 is 5.31. The van der Waals surface area contributed by atoms with Gasteiger partial charge in [0.1, 0.15) is 5.60 Å². The average molecular weight is 214 g/mol. The number of rotatable bonds is 1. The molecule has 1 rings (SSSR count). The molecule has 1 aliphatic heterocycles. The molecular weight excluding hydrogens is 192 g/mol. The number of likely N-dealkylation sites (N-methyl/N-ethyl adjacent to an activating group) is 1. The van der Waals surface area contributed by atoms with Crippen LogP contribution in [-0.4, -0.2) is 42.3 Å². The van der Waals surface area contributed by atoms with Gasteiger partial charge in [0.25, 0.3) is 0 Å². The first kappa shape index (κ1) is 12.3. The first-order valence-electron chi connectivity index (χ1n) is 5.49. The zero-order chi connectivity index (χ0) is 11.6.